The van der Waals surface area contributed by atoms with Crippen molar-refractivity contribution in [3.05, 3.63) is 23.8 Å². The molecule has 0 saturated carbocycles. The van der Waals surface area contributed by atoms with Gasteiger partial charge in [-0.05, 0) is 51.9 Å². The van der Waals surface area contributed by atoms with Gasteiger partial charge in [-0.25, -0.2) is 0 Å². The molecular formula is C17H25NO3. The third-order valence-electron chi connectivity index (χ3n) is 3.68. The molecule has 0 amide bonds. The first-order valence-corrected chi connectivity index (χ1v) is 7.89. The van der Waals surface area contributed by atoms with Gasteiger partial charge in [0.05, 0.1) is 25.3 Å². The van der Waals surface area contributed by atoms with E-state index in [2.05, 4.69) is 4.90 Å². The highest BCUT2D eigenvalue weighted by Gasteiger charge is 2.18. The van der Waals surface area contributed by atoms with Gasteiger partial charge in [-0.15, -0.1) is 0 Å². The van der Waals surface area contributed by atoms with E-state index < -0.39 is 0 Å². The van der Waals surface area contributed by atoms with Crippen molar-refractivity contribution >= 4 is 5.78 Å². The van der Waals surface area contributed by atoms with Crippen LogP contribution in [0, 0.1) is 0 Å². The van der Waals surface area contributed by atoms with Crippen LogP contribution in [0.5, 0.6) is 11.5 Å². The Labute approximate surface area is 127 Å². The van der Waals surface area contributed by atoms with E-state index in [1.807, 2.05) is 32.0 Å². The highest BCUT2D eigenvalue weighted by Crippen LogP contribution is 2.26. The van der Waals surface area contributed by atoms with Crippen LogP contribution in [0.15, 0.2) is 18.2 Å². The minimum atomic E-state index is 0.128. The zero-order valence-electron chi connectivity index (χ0n) is 13.1. The molecule has 1 fully saturated rings. The van der Waals surface area contributed by atoms with E-state index in [4.69, 9.17) is 9.47 Å². The van der Waals surface area contributed by atoms with Crippen LogP contribution in [0.1, 0.15) is 43.5 Å². The normalized spacial score (nSPS) is 15.7. The standard InChI is InChI=1S/C17H25NO3/c1-3-20-14-8-9-15(17(12-14)21-4-2)16(19)13-18-10-6-5-7-11-18/h8-9,12H,3-7,10-11,13H2,1-2H3. The fraction of sp³-hybridized carbons (Fsp3) is 0.588. The first-order chi connectivity index (χ1) is 10.2. The molecule has 0 radical (unpaired) electrons. The molecule has 0 N–H and O–H groups in total. The van der Waals surface area contributed by atoms with E-state index in [1.54, 1.807) is 0 Å². The Hall–Kier alpha value is -1.55. The zero-order valence-corrected chi connectivity index (χ0v) is 13.1. The summed E-state index contributed by atoms with van der Waals surface area (Å²) in [6.07, 6.45) is 3.65. The molecule has 1 heterocycles. The minimum absolute atomic E-state index is 0.128. The summed E-state index contributed by atoms with van der Waals surface area (Å²) in [7, 11) is 0. The number of Topliss-reactive ketones (excluding diaryl/α,β-unsaturated/α-hetero) is 1. The maximum atomic E-state index is 12.5. The van der Waals surface area contributed by atoms with Gasteiger partial charge in [-0.2, -0.15) is 0 Å². The van der Waals surface area contributed by atoms with Crippen molar-refractivity contribution in [2.75, 3.05) is 32.8 Å². The van der Waals surface area contributed by atoms with Gasteiger partial charge in [0.2, 0.25) is 0 Å². The van der Waals surface area contributed by atoms with Gasteiger partial charge in [0.1, 0.15) is 11.5 Å². The average molecular weight is 291 g/mol. The van der Waals surface area contributed by atoms with Crippen molar-refractivity contribution in [3.63, 3.8) is 0 Å². The van der Waals surface area contributed by atoms with Crippen molar-refractivity contribution < 1.29 is 14.3 Å². The van der Waals surface area contributed by atoms with Crippen molar-refractivity contribution in [2.24, 2.45) is 0 Å². The molecular weight excluding hydrogens is 266 g/mol. The summed E-state index contributed by atoms with van der Waals surface area (Å²) in [4.78, 5) is 14.7. The second kappa shape index (κ2) is 8.03. The summed E-state index contributed by atoms with van der Waals surface area (Å²) >= 11 is 0. The Morgan fingerprint density at radius 2 is 1.81 bits per heavy atom. The molecule has 1 aromatic rings. The number of carbonyl (C=O) groups excluding carboxylic acids is 1. The molecule has 1 aliphatic heterocycles. The molecule has 0 aliphatic carbocycles. The van der Waals surface area contributed by atoms with Gasteiger partial charge in [-0.3, -0.25) is 9.69 Å². The molecule has 1 aromatic carbocycles. The summed E-state index contributed by atoms with van der Waals surface area (Å²) in [5, 5.41) is 0. The molecule has 0 bridgehead atoms. The molecule has 4 heteroatoms. The molecule has 2 rings (SSSR count). The Kier molecular flexibility index (Phi) is 6.05. The van der Waals surface area contributed by atoms with Crippen LogP contribution in [0.25, 0.3) is 0 Å². The number of rotatable bonds is 7. The SMILES string of the molecule is CCOc1ccc(C(=O)CN2CCCCC2)c(OCC)c1. The lowest BCUT2D eigenvalue weighted by Crippen LogP contribution is -2.34. The van der Waals surface area contributed by atoms with Crippen molar-refractivity contribution in [3.8, 4) is 11.5 Å². The molecule has 21 heavy (non-hydrogen) atoms. The van der Waals surface area contributed by atoms with Crippen LogP contribution in [0.4, 0.5) is 0 Å². The highest BCUT2D eigenvalue weighted by atomic mass is 16.5. The van der Waals surface area contributed by atoms with Gasteiger partial charge in [0, 0.05) is 6.07 Å². The molecule has 4 nitrogen and oxygen atoms in total. The van der Waals surface area contributed by atoms with E-state index in [1.165, 1.54) is 19.3 Å². The lowest BCUT2D eigenvalue weighted by atomic mass is 10.1. The highest BCUT2D eigenvalue weighted by molar-refractivity contribution is 6.00. The number of carbonyl (C=O) groups is 1. The van der Waals surface area contributed by atoms with Crippen LogP contribution in [0.2, 0.25) is 0 Å². The summed E-state index contributed by atoms with van der Waals surface area (Å²) in [5.41, 5.74) is 0.658. The largest absolute Gasteiger partial charge is 0.494 e. The van der Waals surface area contributed by atoms with E-state index in [-0.39, 0.29) is 5.78 Å². The van der Waals surface area contributed by atoms with Crippen molar-refractivity contribution in [1.82, 2.24) is 4.90 Å². The minimum Gasteiger partial charge on any atom is -0.494 e. The molecule has 1 saturated heterocycles. The number of hydrogen-bond donors (Lipinski definition) is 0. The molecule has 0 atom stereocenters. The quantitative estimate of drug-likeness (QED) is 0.723. The molecule has 116 valence electrons. The van der Waals surface area contributed by atoms with E-state index >= 15 is 0 Å². The predicted molar refractivity (Wildman–Crippen MR) is 83.4 cm³/mol. The maximum absolute atomic E-state index is 12.5. The Balaban J connectivity index is 2.10. The van der Waals surface area contributed by atoms with Gasteiger partial charge in [0.25, 0.3) is 0 Å². The maximum Gasteiger partial charge on any atom is 0.180 e. The fourth-order valence-corrected chi connectivity index (χ4v) is 2.67. The average Bonchev–Trinajstić information content (AvgIpc) is 2.49. The number of piperidine rings is 1. The second-order valence-corrected chi connectivity index (χ2v) is 5.28. The lowest BCUT2D eigenvalue weighted by Gasteiger charge is -2.25. The smallest absolute Gasteiger partial charge is 0.180 e. The molecule has 1 aliphatic rings. The van der Waals surface area contributed by atoms with E-state index in [9.17, 15) is 4.79 Å². The van der Waals surface area contributed by atoms with E-state index in [0.29, 0.717) is 31.1 Å². The number of ether oxygens (including phenoxy) is 2. The van der Waals surface area contributed by atoms with Gasteiger partial charge in [0.15, 0.2) is 5.78 Å². The van der Waals surface area contributed by atoms with Crippen LogP contribution in [0.3, 0.4) is 0 Å². The lowest BCUT2D eigenvalue weighted by molar-refractivity contribution is 0.0912. The van der Waals surface area contributed by atoms with Crippen molar-refractivity contribution in [2.45, 2.75) is 33.1 Å². The van der Waals surface area contributed by atoms with Crippen LogP contribution in [-0.4, -0.2) is 43.5 Å². The summed E-state index contributed by atoms with van der Waals surface area (Å²) in [5.74, 6) is 1.50. The summed E-state index contributed by atoms with van der Waals surface area (Å²) in [6.45, 7) is 7.53. The molecule has 0 unspecified atom stereocenters. The third-order valence-corrected chi connectivity index (χ3v) is 3.68. The van der Waals surface area contributed by atoms with Crippen LogP contribution < -0.4 is 9.47 Å². The van der Waals surface area contributed by atoms with Gasteiger partial charge >= 0.3 is 0 Å². The number of hydrogen-bond acceptors (Lipinski definition) is 4. The number of nitrogens with zero attached hydrogens (tertiary/aromatic N) is 1. The van der Waals surface area contributed by atoms with Crippen LogP contribution in [-0.2, 0) is 0 Å². The van der Waals surface area contributed by atoms with Crippen LogP contribution >= 0.6 is 0 Å². The topological polar surface area (TPSA) is 38.8 Å². The monoisotopic (exact) mass is 291 g/mol. The molecule has 0 spiro atoms. The Morgan fingerprint density at radius 1 is 1.10 bits per heavy atom. The first-order valence-electron chi connectivity index (χ1n) is 7.89. The second-order valence-electron chi connectivity index (χ2n) is 5.28. The number of benzene rings is 1. The first kappa shape index (κ1) is 15.8. The van der Waals surface area contributed by atoms with Crippen molar-refractivity contribution in [1.29, 1.82) is 0 Å². The fourth-order valence-electron chi connectivity index (χ4n) is 2.67. The van der Waals surface area contributed by atoms with Gasteiger partial charge < -0.3 is 9.47 Å². The molecule has 0 aromatic heterocycles. The Morgan fingerprint density at radius 3 is 2.48 bits per heavy atom. The Bertz CT molecular complexity index is 467. The van der Waals surface area contributed by atoms with Gasteiger partial charge in [-0.1, -0.05) is 6.42 Å². The third kappa shape index (κ3) is 4.46. The van der Waals surface area contributed by atoms with E-state index in [0.717, 1.165) is 18.8 Å². The summed E-state index contributed by atoms with van der Waals surface area (Å²) < 4.78 is 11.1. The number of likely N-dealkylation sites (tertiary alicyclic amines) is 1. The summed E-state index contributed by atoms with van der Waals surface area (Å²) in [6, 6.07) is 5.48. The zero-order chi connectivity index (χ0) is 15.1. The number of ketones is 1. The predicted octanol–water partition coefficient (Wildman–Crippen LogP) is 3.15.